The van der Waals surface area contributed by atoms with Gasteiger partial charge in [-0.2, -0.15) is 5.26 Å². The van der Waals surface area contributed by atoms with E-state index < -0.39 is 15.5 Å². The molecule has 1 unspecified atom stereocenters. The highest BCUT2D eigenvalue weighted by Crippen LogP contribution is 2.21. The lowest BCUT2D eigenvalue weighted by atomic mass is 10.3. The number of rotatable bonds is 6. The fraction of sp³-hybridized carbons (Fsp3) is 0.231. The number of nitriles is 1. The average Bonchev–Trinajstić information content (AvgIpc) is 3.04. The van der Waals surface area contributed by atoms with E-state index in [1.807, 2.05) is 0 Å². The summed E-state index contributed by atoms with van der Waals surface area (Å²) in [5.74, 6) is -0.351. The van der Waals surface area contributed by atoms with Crippen molar-refractivity contribution in [2.45, 2.75) is 0 Å². The van der Waals surface area contributed by atoms with Gasteiger partial charge in [0, 0.05) is 24.2 Å². The van der Waals surface area contributed by atoms with Crippen molar-refractivity contribution in [1.29, 1.82) is 5.26 Å². The number of amidine groups is 1. The minimum Gasteiger partial charge on any atom is -0.409 e. The lowest BCUT2D eigenvalue weighted by Crippen LogP contribution is -2.19. The lowest BCUT2D eigenvalue weighted by Gasteiger charge is -2.08. The third kappa shape index (κ3) is 5.14. The summed E-state index contributed by atoms with van der Waals surface area (Å²) in [7, 11) is -2.64. The van der Waals surface area contributed by atoms with Crippen LogP contribution in [0, 0.1) is 17.3 Å². The number of aromatic nitrogens is 2. The molecule has 13 heteroatoms. The van der Waals surface area contributed by atoms with Gasteiger partial charge in [-0.05, 0) is 44.4 Å². The molecule has 0 aliphatic carbocycles. The molecular formula is C13H13BrFN7O3S. The summed E-state index contributed by atoms with van der Waals surface area (Å²) in [5, 5.41) is 33.7. The van der Waals surface area contributed by atoms with Crippen molar-refractivity contribution in [2.24, 2.45) is 9.52 Å². The molecule has 1 aromatic heterocycles. The Hall–Kier alpha value is -2.72. The molecule has 0 spiro atoms. The van der Waals surface area contributed by atoms with E-state index in [0.29, 0.717) is 5.69 Å². The van der Waals surface area contributed by atoms with Gasteiger partial charge in [0.1, 0.15) is 5.82 Å². The van der Waals surface area contributed by atoms with Crippen molar-refractivity contribution < 1.29 is 18.4 Å². The SMILES string of the molecule is CS(=O)(CCNc1nonc1/C(=N/O)Nc1ccc(F)c(Br)c1)=NC#N. The molecule has 0 saturated carbocycles. The van der Waals surface area contributed by atoms with Crippen LogP contribution in [0.4, 0.5) is 15.9 Å². The first-order valence-corrected chi connectivity index (χ1v) is 9.83. The van der Waals surface area contributed by atoms with E-state index in [2.05, 4.69) is 51.0 Å². The molecule has 0 amide bonds. The van der Waals surface area contributed by atoms with Crippen LogP contribution in [-0.2, 0) is 9.73 Å². The quantitative estimate of drug-likeness (QED) is 0.201. The highest BCUT2D eigenvalue weighted by Gasteiger charge is 2.18. The summed E-state index contributed by atoms with van der Waals surface area (Å²) in [5.41, 5.74) is 0.470. The maximum Gasteiger partial charge on any atom is 0.214 e. The van der Waals surface area contributed by atoms with E-state index in [-0.39, 0.29) is 34.1 Å². The third-order valence-electron chi connectivity index (χ3n) is 3.00. The minimum absolute atomic E-state index is 0.0489. The summed E-state index contributed by atoms with van der Waals surface area (Å²) in [6.07, 6.45) is 2.86. The van der Waals surface area contributed by atoms with Crippen LogP contribution in [0.5, 0.6) is 0 Å². The summed E-state index contributed by atoms with van der Waals surface area (Å²) in [6, 6.07) is 4.09. The second-order valence-electron chi connectivity index (χ2n) is 4.95. The molecule has 3 N–H and O–H groups in total. The van der Waals surface area contributed by atoms with Crippen molar-refractivity contribution in [3.8, 4) is 6.19 Å². The van der Waals surface area contributed by atoms with Crippen molar-refractivity contribution >= 4 is 43.0 Å². The Morgan fingerprint density at radius 2 is 2.31 bits per heavy atom. The second-order valence-corrected chi connectivity index (χ2v) is 8.31. The van der Waals surface area contributed by atoms with E-state index in [0.717, 1.165) is 0 Å². The number of anilines is 2. The number of benzene rings is 1. The normalized spacial score (nSPS) is 13.5. The Balaban J connectivity index is 2.12. The molecule has 0 aliphatic heterocycles. The Labute approximate surface area is 156 Å². The van der Waals surface area contributed by atoms with Gasteiger partial charge >= 0.3 is 0 Å². The van der Waals surface area contributed by atoms with E-state index in [4.69, 9.17) is 5.26 Å². The second kappa shape index (κ2) is 8.59. The topological polar surface area (TPSA) is 149 Å². The van der Waals surface area contributed by atoms with E-state index in [1.165, 1.54) is 30.6 Å². The standard InChI is InChI=1S/C13H13BrFN7O3S/c1-26(24,18-7-16)5-4-17-12-11(21-25-22-12)13(20-23)19-8-2-3-10(15)9(14)6-8/h2-3,6,23H,4-5H2,1H3,(H,17,22)(H,19,20). The van der Waals surface area contributed by atoms with Crippen LogP contribution in [-0.4, -0.2) is 44.1 Å². The molecule has 138 valence electrons. The van der Waals surface area contributed by atoms with E-state index in [9.17, 15) is 13.8 Å². The maximum atomic E-state index is 13.3. The van der Waals surface area contributed by atoms with Gasteiger partial charge in [-0.1, -0.05) is 5.16 Å². The smallest absolute Gasteiger partial charge is 0.214 e. The van der Waals surface area contributed by atoms with E-state index in [1.54, 1.807) is 0 Å². The number of nitrogens with zero attached hydrogens (tertiary/aromatic N) is 5. The average molecular weight is 446 g/mol. The molecule has 0 fully saturated rings. The summed E-state index contributed by atoms with van der Waals surface area (Å²) in [4.78, 5) is 0. The Morgan fingerprint density at radius 1 is 1.54 bits per heavy atom. The van der Waals surface area contributed by atoms with Crippen LogP contribution in [0.15, 0.2) is 36.8 Å². The van der Waals surface area contributed by atoms with E-state index >= 15 is 0 Å². The first kappa shape index (κ1) is 19.6. The maximum absolute atomic E-state index is 13.3. The molecule has 0 saturated heterocycles. The third-order valence-corrected chi connectivity index (χ3v) is 5.04. The Bertz CT molecular complexity index is 978. The van der Waals surface area contributed by atoms with Gasteiger partial charge in [-0.3, -0.25) is 0 Å². The van der Waals surface area contributed by atoms with Gasteiger partial charge in [0.15, 0.2) is 5.69 Å². The zero-order valence-corrected chi connectivity index (χ0v) is 15.7. The van der Waals surface area contributed by atoms with Crippen LogP contribution in [0.25, 0.3) is 0 Å². The number of hydrogen-bond donors (Lipinski definition) is 3. The highest BCUT2D eigenvalue weighted by molar-refractivity contribution is 9.10. The number of hydrogen-bond acceptors (Lipinski definition) is 9. The fourth-order valence-electron chi connectivity index (χ4n) is 1.79. The van der Waals surface area contributed by atoms with Gasteiger partial charge in [0.25, 0.3) is 0 Å². The van der Waals surface area contributed by atoms with Crippen molar-refractivity contribution in [3.05, 3.63) is 34.2 Å². The molecule has 26 heavy (non-hydrogen) atoms. The molecule has 1 heterocycles. The van der Waals surface area contributed by atoms with Gasteiger partial charge in [0.2, 0.25) is 17.8 Å². The molecule has 0 bridgehead atoms. The predicted octanol–water partition coefficient (Wildman–Crippen LogP) is 2.21. The monoisotopic (exact) mass is 445 g/mol. The van der Waals surface area contributed by atoms with Crippen molar-refractivity contribution in [2.75, 3.05) is 29.2 Å². The summed E-state index contributed by atoms with van der Waals surface area (Å²) < 4.78 is 33.4. The van der Waals surface area contributed by atoms with Crippen LogP contribution < -0.4 is 10.6 Å². The minimum atomic E-state index is -2.64. The van der Waals surface area contributed by atoms with Gasteiger partial charge in [0.05, 0.1) is 14.2 Å². The molecule has 1 atom stereocenters. The highest BCUT2D eigenvalue weighted by atomic mass is 79.9. The summed E-state index contributed by atoms with van der Waals surface area (Å²) >= 11 is 3.05. The first-order valence-electron chi connectivity index (χ1n) is 6.95. The molecule has 0 aliphatic rings. The number of oxime groups is 1. The van der Waals surface area contributed by atoms with Gasteiger partial charge in [-0.15, -0.1) is 4.36 Å². The number of halogens is 2. The zero-order chi connectivity index (χ0) is 19.2. The Kier molecular flexibility index (Phi) is 6.47. The largest absolute Gasteiger partial charge is 0.409 e. The fourth-order valence-corrected chi connectivity index (χ4v) is 2.92. The first-order chi connectivity index (χ1) is 12.4. The molecule has 10 nitrogen and oxygen atoms in total. The lowest BCUT2D eigenvalue weighted by molar-refractivity contribution is 0.305. The molecular weight excluding hydrogens is 433 g/mol. The molecule has 0 radical (unpaired) electrons. The van der Waals surface area contributed by atoms with Crippen LogP contribution in [0.2, 0.25) is 0 Å². The van der Waals surface area contributed by atoms with Crippen molar-refractivity contribution in [3.63, 3.8) is 0 Å². The predicted molar refractivity (Wildman–Crippen MR) is 95.8 cm³/mol. The van der Waals surface area contributed by atoms with Crippen molar-refractivity contribution in [1.82, 2.24) is 10.3 Å². The van der Waals surface area contributed by atoms with Crippen LogP contribution in [0.3, 0.4) is 0 Å². The molecule has 2 rings (SSSR count). The van der Waals surface area contributed by atoms with Gasteiger partial charge in [-0.25, -0.2) is 13.2 Å². The molecule has 2 aromatic rings. The Morgan fingerprint density at radius 3 is 2.96 bits per heavy atom. The number of nitrogens with one attached hydrogen (secondary N) is 2. The summed E-state index contributed by atoms with van der Waals surface area (Å²) in [6.45, 7) is 0.155. The van der Waals surface area contributed by atoms with Crippen LogP contribution in [0.1, 0.15) is 5.69 Å². The van der Waals surface area contributed by atoms with Crippen LogP contribution >= 0.6 is 15.9 Å². The van der Waals surface area contributed by atoms with Gasteiger partial charge < -0.3 is 15.8 Å². The zero-order valence-electron chi connectivity index (χ0n) is 13.3. The molecule has 1 aromatic carbocycles.